The van der Waals surface area contributed by atoms with Crippen molar-refractivity contribution in [2.24, 2.45) is 0 Å². The van der Waals surface area contributed by atoms with E-state index in [4.69, 9.17) is 0 Å². The molecule has 3 rings (SSSR count). The zero-order valence-electron chi connectivity index (χ0n) is 13.0. The summed E-state index contributed by atoms with van der Waals surface area (Å²) in [6.45, 7) is -0.0304. The van der Waals surface area contributed by atoms with E-state index in [0.717, 1.165) is 24.9 Å². The van der Waals surface area contributed by atoms with Gasteiger partial charge in [-0.25, -0.2) is 0 Å². The highest BCUT2D eigenvalue weighted by atomic mass is 16.2. The predicted octanol–water partition coefficient (Wildman–Crippen LogP) is 2.93. The van der Waals surface area contributed by atoms with Crippen LogP contribution in [0.3, 0.4) is 0 Å². The largest absolute Gasteiger partial charge is 0.343 e. The zero-order chi connectivity index (χ0) is 16.1. The fourth-order valence-electron chi connectivity index (χ4n) is 2.94. The first kappa shape index (κ1) is 15.3. The molecule has 0 unspecified atom stereocenters. The summed E-state index contributed by atoms with van der Waals surface area (Å²) in [5.74, 6) is -0.441. The van der Waals surface area contributed by atoms with Crippen molar-refractivity contribution < 1.29 is 9.59 Å². The number of amides is 2. The molecule has 0 bridgehead atoms. The van der Waals surface area contributed by atoms with Crippen LogP contribution in [0, 0.1) is 0 Å². The quantitative estimate of drug-likeness (QED) is 0.912. The third kappa shape index (κ3) is 3.77. The minimum Gasteiger partial charge on any atom is -0.343 e. The van der Waals surface area contributed by atoms with E-state index in [1.54, 1.807) is 24.3 Å². The Labute approximate surface area is 135 Å². The SMILES string of the molecule is O=C(CNC(=O)c1ccccc1)Nc1cccc2c1CCCC2. The highest BCUT2D eigenvalue weighted by Crippen LogP contribution is 2.27. The van der Waals surface area contributed by atoms with Gasteiger partial charge in [-0.05, 0) is 55.0 Å². The fraction of sp³-hybridized carbons (Fsp3) is 0.263. The first-order valence-corrected chi connectivity index (χ1v) is 7.98. The summed E-state index contributed by atoms with van der Waals surface area (Å²) in [5, 5.41) is 5.57. The molecular weight excluding hydrogens is 288 g/mol. The van der Waals surface area contributed by atoms with Crippen LogP contribution in [0.2, 0.25) is 0 Å². The van der Waals surface area contributed by atoms with Crippen LogP contribution in [-0.4, -0.2) is 18.4 Å². The van der Waals surface area contributed by atoms with Gasteiger partial charge in [0.05, 0.1) is 6.54 Å². The number of rotatable bonds is 4. The van der Waals surface area contributed by atoms with Gasteiger partial charge in [0.25, 0.3) is 5.91 Å². The maximum atomic E-state index is 12.1. The topological polar surface area (TPSA) is 58.2 Å². The first-order chi connectivity index (χ1) is 11.2. The van der Waals surface area contributed by atoms with Crippen molar-refractivity contribution in [3.8, 4) is 0 Å². The number of carbonyl (C=O) groups is 2. The van der Waals surface area contributed by atoms with Crippen LogP contribution in [0.4, 0.5) is 5.69 Å². The van der Waals surface area contributed by atoms with Crippen LogP contribution in [0.15, 0.2) is 48.5 Å². The number of carbonyl (C=O) groups excluding carboxylic acids is 2. The minimum atomic E-state index is -0.240. The van der Waals surface area contributed by atoms with Crippen LogP contribution in [0.1, 0.15) is 34.3 Å². The van der Waals surface area contributed by atoms with E-state index in [0.29, 0.717) is 5.56 Å². The van der Waals surface area contributed by atoms with Crippen molar-refractivity contribution in [3.05, 3.63) is 65.2 Å². The molecule has 2 amide bonds. The molecule has 0 spiro atoms. The Morgan fingerprint density at radius 3 is 2.52 bits per heavy atom. The number of aryl methyl sites for hydroxylation is 1. The molecule has 118 valence electrons. The average molecular weight is 308 g/mol. The number of nitrogens with one attached hydrogen (secondary N) is 2. The second-order valence-corrected chi connectivity index (χ2v) is 5.75. The summed E-state index contributed by atoms with van der Waals surface area (Å²) in [5.41, 5.74) is 3.99. The third-order valence-electron chi connectivity index (χ3n) is 4.12. The molecule has 0 saturated heterocycles. The van der Waals surface area contributed by atoms with Gasteiger partial charge >= 0.3 is 0 Å². The fourth-order valence-corrected chi connectivity index (χ4v) is 2.94. The van der Waals surface area contributed by atoms with E-state index in [9.17, 15) is 9.59 Å². The van der Waals surface area contributed by atoms with Crippen molar-refractivity contribution in [1.82, 2.24) is 5.32 Å². The van der Waals surface area contributed by atoms with Crippen molar-refractivity contribution in [2.45, 2.75) is 25.7 Å². The van der Waals surface area contributed by atoms with Gasteiger partial charge in [-0.1, -0.05) is 30.3 Å². The Morgan fingerprint density at radius 1 is 0.913 bits per heavy atom. The lowest BCUT2D eigenvalue weighted by Crippen LogP contribution is -2.33. The third-order valence-corrected chi connectivity index (χ3v) is 4.12. The van der Waals surface area contributed by atoms with E-state index < -0.39 is 0 Å². The van der Waals surface area contributed by atoms with Gasteiger partial charge in [0.15, 0.2) is 0 Å². The van der Waals surface area contributed by atoms with Gasteiger partial charge in [0.1, 0.15) is 0 Å². The summed E-state index contributed by atoms with van der Waals surface area (Å²) >= 11 is 0. The number of hydrogen-bond donors (Lipinski definition) is 2. The highest BCUT2D eigenvalue weighted by molar-refractivity contribution is 5.99. The maximum Gasteiger partial charge on any atom is 0.251 e. The lowest BCUT2D eigenvalue weighted by molar-refractivity contribution is -0.115. The van der Waals surface area contributed by atoms with Crippen molar-refractivity contribution >= 4 is 17.5 Å². The predicted molar refractivity (Wildman–Crippen MR) is 90.5 cm³/mol. The molecule has 23 heavy (non-hydrogen) atoms. The molecule has 0 radical (unpaired) electrons. The molecule has 2 aromatic rings. The van der Waals surface area contributed by atoms with Gasteiger partial charge < -0.3 is 10.6 Å². The summed E-state index contributed by atoms with van der Waals surface area (Å²) in [7, 11) is 0. The second-order valence-electron chi connectivity index (χ2n) is 5.75. The van der Waals surface area contributed by atoms with Gasteiger partial charge in [0.2, 0.25) is 5.91 Å². The van der Waals surface area contributed by atoms with Gasteiger partial charge in [-0.3, -0.25) is 9.59 Å². The molecule has 4 heteroatoms. The van der Waals surface area contributed by atoms with Crippen LogP contribution in [0.25, 0.3) is 0 Å². The Bertz CT molecular complexity index is 711. The highest BCUT2D eigenvalue weighted by Gasteiger charge is 2.14. The van der Waals surface area contributed by atoms with Crippen molar-refractivity contribution in [3.63, 3.8) is 0 Å². The molecule has 0 aromatic heterocycles. The van der Waals surface area contributed by atoms with E-state index >= 15 is 0 Å². The first-order valence-electron chi connectivity index (χ1n) is 7.98. The zero-order valence-corrected chi connectivity index (χ0v) is 13.0. The van der Waals surface area contributed by atoms with E-state index in [1.165, 1.54) is 17.5 Å². The molecule has 2 aromatic carbocycles. The Kier molecular flexibility index (Phi) is 4.71. The molecule has 1 aliphatic carbocycles. The Hall–Kier alpha value is -2.62. The Morgan fingerprint density at radius 2 is 1.70 bits per heavy atom. The lowest BCUT2D eigenvalue weighted by atomic mass is 9.90. The minimum absolute atomic E-state index is 0.0304. The molecule has 0 saturated carbocycles. The summed E-state index contributed by atoms with van der Waals surface area (Å²) < 4.78 is 0. The molecule has 1 aliphatic rings. The lowest BCUT2D eigenvalue weighted by Gasteiger charge is -2.19. The molecule has 0 heterocycles. The number of fused-ring (bicyclic) bond motifs is 1. The van der Waals surface area contributed by atoms with Crippen LogP contribution in [-0.2, 0) is 17.6 Å². The van der Waals surface area contributed by atoms with Crippen molar-refractivity contribution in [2.75, 3.05) is 11.9 Å². The smallest absolute Gasteiger partial charge is 0.251 e. The summed E-state index contributed by atoms with van der Waals surface area (Å²) in [4.78, 5) is 24.1. The second kappa shape index (κ2) is 7.09. The molecule has 0 atom stereocenters. The molecule has 0 aliphatic heterocycles. The standard InChI is InChI=1S/C19H20N2O2/c22-18(13-20-19(23)15-8-2-1-3-9-15)21-17-12-6-10-14-7-4-5-11-16(14)17/h1-3,6,8-10,12H,4-5,7,11,13H2,(H,20,23)(H,21,22). The number of hydrogen-bond acceptors (Lipinski definition) is 2. The van der Waals surface area contributed by atoms with Crippen molar-refractivity contribution in [1.29, 1.82) is 0 Å². The summed E-state index contributed by atoms with van der Waals surface area (Å²) in [6, 6.07) is 14.9. The van der Waals surface area contributed by atoms with Crippen LogP contribution >= 0.6 is 0 Å². The van der Waals surface area contributed by atoms with Gasteiger partial charge in [-0.15, -0.1) is 0 Å². The van der Waals surface area contributed by atoms with Gasteiger partial charge in [0, 0.05) is 11.3 Å². The number of anilines is 1. The van der Waals surface area contributed by atoms with E-state index in [-0.39, 0.29) is 18.4 Å². The molecule has 0 fully saturated rings. The maximum absolute atomic E-state index is 12.1. The van der Waals surface area contributed by atoms with Crippen LogP contribution in [0.5, 0.6) is 0 Å². The average Bonchev–Trinajstić information content (AvgIpc) is 2.61. The molecule has 4 nitrogen and oxygen atoms in total. The monoisotopic (exact) mass is 308 g/mol. The molecular formula is C19H20N2O2. The Balaban J connectivity index is 1.59. The molecule has 2 N–H and O–H groups in total. The van der Waals surface area contributed by atoms with E-state index in [1.807, 2.05) is 18.2 Å². The number of benzene rings is 2. The summed E-state index contributed by atoms with van der Waals surface area (Å²) in [6.07, 6.45) is 4.44. The normalized spacial score (nSPS) is 13.0. The van der Waals surface area contributed by atoms with Crippen LogP contribution < -0.4 is 10.6 Å². The van der Waals surface area contributed by atoms with E-state index in [2.05, 4.69) is 16.7 Å². The van der Waals surface area contributed by atoms with Gasteiger partial charge in [-0.2, -0.15) is 0 Å².